The lowest BCUT2D eigenvalue weighted by Crippen LogP contribution is -2.31. The maximum Gasteiger partial charge on any atom is 0.139 e. The molecule has 0 aromatic heterocycles. The van der Waals surface area contributed by atoms with Crippen LogP contribution in [-0.2, 0) is 4.79 Å². The Hall–Kier alpha value is -0.590. The zero-order chi connectivity index (χ0) is 16.2. The monoisotopic (exact) mass is 302 g/mol. The van der Waals surface area contributed by atoms with Gasteiger partial charge in [0, 0.05) is 11.8 Å². The number of hydrogen-bond donors (Lipinski definition) is 0. The van der Waals surface area contributed by atoms with Crippen LogP contribution in [0.15, 0.2) is 11.1 Å². The number of Topliss-reactive ketones (excluding diaryl/α,β-unsaturated/α-hetero) is 1. The summed E-state index contributed by atoms with van der Waals surface area (Å²) in [5.74, 6) is 1.23. The Balaban J connectivity index is 1.73. The van der Waals surface area contributed by atoms with E-state index in [4.69, 9.17) is 0 Å². The Labute approximate surface area is 136 Å². The molecule has 0 spiro atoms. The average Bonchev–Trinajstić information content (AvgIpc) is 2.86. The zero-order valence-corrected chi connectivity index (χ0v) is 15.3. The molecule has 3 rings (SSSR count). The van der Waals surface area contributed by atoms with Gasteiger partial charge in [-0.2, -0.15) is 0 Å². The lowest BCUT2D eigenvalue weighted by atomic mass is 9.69. The summed E-state index contributed by atoms with van der Waals surface area (Å²) < 4.78 is 0. The second-order valence-corrected chi connectivity index (χ2v) is 9.95. The van der Waals surface area contributed by atoms with Crippen molar-refractivity contribution in [1.82, 2.24) is 0 Å². The smallest absolute Gasteiger partial charge is 0.139 e. The van der Waals surface area contributed by atoms with Crippen LogP contribution >= 0.6 is 0 Å². The predicted molar refractivity (Wildman–Crippen MR) is 92.7 cm³/mol. The molecule has 22 heavy (non-hydrogen) atoms. The molecule has 0 bridgehead atoms. The van der Waals surface area contributed by atoms with E-state index in [9.17, 15) is 4.79 Å². The molecular weight excluding hydrogens is 268 g/mol. The van der Waals surface area contributed by atoms with Crippen LogP contribution in [0.5, 0.6) is 0 Å². The maximum absolute atomic E-state index is 13.1. The first kappa shape index (κ1) is 16.3. The SMILES string of the molecule is CC1(C)CC(C)(C)C2=C1CC(C)(C(=O)CC1CCCCC1)C2. The van der Waals surface area contributed by atoms with Gasteiger partial charge in [0.2, 0.25) is 0 Å². The summed E-state index contributed by atoms with van der Waals surface area (Å²) >= 11 is 0. The second kappa shape index (κ2) is 5.21. The summed E-state index contributed by atoms with van der Waals surface area (Å²) in [6.45, 7) is 11.8. The highest BCUT2D eigenvalue weighted by atomic mass is 16.1. The van der Waals surface area contributed by atoms with E-state index in [1.165, 1.54) is 38.5 Å². The highest BCUT2D eigenvalue weighted by Gasteiger charge is 2.53. The molecule has 0 amide bonds. The molecule has 0 N–H and O–H groups in total. The third kappa shape index (κ3) is 2.69. The maximum atomic E-state index is 13.1. The van der Waals surface area contributed by atoms with Crippen molar-refractivity contribution in [3.05, 3.63) is 11.1 Å². The van der Waals surface area contributed by atoms with Gasteiger partial charge < -0.3 is 0 Å². The number of allylic oxidation sites excluding steroid dienone is 2. The topological polar surface area (TPSA) is 17.1 Å². The molecule has 1 nitrogen and oxygen atoms in total. The van der Waals surface area contributed by atoms with Gasteiger partial charge >= 0.3 is 0 Å². The molecule has 1 heteroatoms. The van der Waals surface area contributed by atoms with Crippen molar-refractivity contribution in [2.75, 3.05) is 0 Å². The lowest BCUT2D eigenvalue weighted by Gasteiger charge is -2.34. The third-order valence-electron chi connectivity index (χ3n) is 6.89. The van der Waals surface area contributed by atoms with Crippen molar-refractivity contribution in [2.45, 2.75) is 92.4 Å². The normalized spacial score (nSPS) is 29.7. The van der Waals surface area contributed by atoms with Crippen molar-refractivity contribution >= 4 is 5.78 Å². The fourth-order valence-electron chi connectivity index (χ4n) is 5.77. The van der Waals surface area contributed by atoms with Crippen LogP contribution in [0, 0.1) is 22.2 Å². The summed E-state index contributed by atoms with van der Waals surface area (Å²) in [5, 5.41) is 0. The zero-order valence-electron chi connectivity index (χ0n) is 15.3. The van der Waals surface area contributed by atoms with Gasteiger partial charge in [0.25, 0.3) is 0 Å². The first-order valence-corrected chi connectivity index (χ1v) is 9.40. The van der Waals surface area contributed by atoms with Crippen molar-refractivity contribution in [3.8, 4) is 0 Å². The summed E-state index contributed by atoms with van der Waals surface area (Å²) in [6, 6.07) is 0. The number of ketones is 1. The van der Waals surface area contributed by atoms with Gasteiger partial charge in [-0.15, -0.1) is 0 Å². The van der Waals surface area contributed by atoms with Gasteiger partial charge in [-0.05, 0) is 36.0 Å². The van der Waals surface area contributed by atoms with Gasteiger partial charge in [-0.1, -0.05) is 77.9 Å². The number of hydrogen-bond acceptors (Lipinski definition) is 1. The van der Waals surface area contributed by atoms with Crippen LogP contribution < -0.4 is 0 Å². The Morgan fingerprint density at radius 1 is 0.909 bits per heavy atom. The number of carbonyl (C=O) groups is 1. The minimum Gasteiger partial charge on any atom is -0.299 e. The quantitative estimate of drug-likeness (QED) is 0.577. The summed E-state index contributed by atoms with van der Waals surface area (Å²) in [6.07, 6.45) is 10.8. The minimum atomic E-state index is -0.100. The summed E-state index contributed by atoms with van der Waals surface area (Å²) in [4.78, 5) is 13.1. The van der Waals surface area contributed by atoms with Crippen LogP contribution in [0.4, 0.5) is 0 Å². The second-order valence-electron chi connectivity index (χ2n) is 9.95. The Morgan fingerprint density at radius 2 is 1.41 bits per heavy atom. The van der Waals surface area contributed by atoms with E-state index >= 15 is 0 Å². The van der Waals surface area contributed by atoms with E-state index in [1.54, 1.807) is 11.1 Å². The van der Waals surface area contributed by atoms with Crippen molar-refractivity contribution < 1.29 is 4.79 Å². The van der Waals surface area contributed by atoms with E-state index in [0.29, 0.717) is 22.5 Å². The molecule has 0 aliphatic heterocycles. The van der Waals surface area contributed by atoms with Crippen LogP contribution in [0.3, 0.4) is 0 Å². The molecule has 124 valence electrons. The first-order valence-electron chi connectivity index (χ1n) is 9.40. The molecule has 1 fully saturated rings. The van der Waals surface area contributed by atoms with E-state index in [-0.39, 0.29) is 5.41 Å². The molecule has 0 atom stereocenters. The Bertz CT molecular complexity index is 474. The fraction of sp³-hybridized carbons (Fsp3) is 0.857. The Morgan fingerprint density at radius 3 is 1.91 bits per heavy atom. The lowest BCUT2D eigenvalue weighted by molar-refractivity contribution is -0.129. The standard InChI is InChI=1S/C21H34O/c1-19(2)14-20(3,4)17-13-21(5,12-16(17)19)18(22)11-15-9-7-6-8-10-15/h15H,6-14H2,1-5H3. The third-order valence-corrected chi connectivity index (χ3v) is 6.89. The predicted octanol–water partition coefficient (Wildman–Crippen LogP) is 6.08. The highest BCUT2D eigenvalue weighted by Crippen LogP contribution is 2.63. The molecule has 1 saturated carbocycles. The molecule has 3 aliphatic carbocycles. The van der Waals surface area contributed by atoms with Crippen LogP contribution in [-0.4, -0.2) is 5.78 Å². The van der Waals surface area contributed by atoms with Gasteiger partial charge in [0.15, 0.2) is 0 Å². The van der Waals surface area contributed by atoms with Gasteiger partial charge in [-0.3, -0.25) is 4.79 Å². The minimum absolute atomic E-state index is 0.100. The largest absolute Gasteiger partial charge is 0.299 e. The molecule has 0 heterocycles. The molecule has 0 aromatic rings. The van der Waals surface area contributed by atoms with Gasteiger partial charge in [-0.25, -0.2) is 0 Å². The van der Waals surface area contributed by atoms with Crippen LogP contribution in [0.25, 0.3) is 0 Å². The van der Waals surface area contributed by atoms with Crippen molar-refractivity contribution in [1.29, 1.82) is 0 Å². The van der Waals surface area contributed by atoms with Crippen LogP contribution in [0.1, 0.15) is 92.4 Å². The van der Waals surface area contributed by atoms with Gasteiger partial charge in [0.1, 0.15) is 5.78 Å². The van der Waals surface area contributed by atoms with Crippen molar-refractivity contribution in [2.24, 2.45) is 22.2 Å². The number of carbonyl (C=O) groups excluding carboxylic acids is 1. The average molecular weight is 303 g/mol. The molecule has 0 aromatic carbocycles. The molecular formula is C21H34O. The van der Waals surface area contributed by atoms with E-state index in [2.05, 4.69) is 34.6 Å². The van der Waals surface area contributed by atoms with E-state index in [0.717, 1.165) is 19.3 Å². The number of rotatable bonds is 3. The van der Waals surface area contributed by atoms with Gasteiger partial charge in [0.05, 0.1) is 0 Å². The fourth-order valence-corrected chi connectivity index (χ4v) is 5.77. The highest BCUT2D eigenvalue weighted by molar-refractivity contribution is 5.86. The molecule has 0 saturated heterocycles. The van der Waals surface area contributed by atoms with E-state index < -0.39 is 0 Å². The van der Waals surface area contributed by atoms with E-state index in [1.807, 2.05) is 0 Å². The molecule has 3 aliphatic rings. The molecule has 0 radical (unpaired) electrons. The van der Waals surface area contributed by atoms with Crippen LogP contribution in [0.2, 0.25) is 0 Å². The first-order chi connectivity index (χ1) is 10.1. The molecule has 0 unspecified atom stereocenters. The van der Waals surface area contributed by atoms with Crippen molar-refractivity contribution in [3.63, 3.8) is 0 Å². The summed E-state index contributed by atoms with van der Waals surface area (Å²) in [5.41, 5.74) is 3.73. The Kier molecular flexibility index (Phi) is 3.86. The summed E-state index contributed by atoms with van der Waals surface area (Å²) in [7, 11) is 0.